The molecule has 0 aromatic carbocycles. The van der Waals surface area contributed by atoms with Crippen LogP contribution in [0, 0.1) is 11.8 Å². The van der Waals surface area contributed by atoms with Crippen LogP contribution in [-0.2, 0) is 0 Å². The molecule has 1 nitrogen and oxygen atoms in total. The van der Waals surface area contributed by atoms with Crippen molar-refractivity contribution in [3.8, 4) is 0 Å². The van der Waals surface area contributed by atoms with Gasteiger partial charge in [0, 0.05) is 0 Å². The summed E-state index contributed by atoms with van der Waals surface area (Å²) in [5, 5.41) is 9.23. The Bertz CT molecular complexity index is 126. The van der Waals surface area contributed by atoms with Crippen molar-refractivity contribution in [3.05, 3.63) is 0 Å². The van der Waals surface area contributed by atoms with Gasteiger partial charge >= 0.3 is 0 Å². The van der Waals surface area contributed by atoms with E-state index in [-0.39, 0.29) is 11.8 Å². The van der Waals surface area contributed by atoms with Crippen molar-refractivity contribution in [3.63, 3.8) is 0 Å². The number of alkyl halides is 2. The second kappa shape index (κ2) is 6.30. The van der Waals surface area contributed by atoms with E-state index in [0.29, 0.717) is 6.42 Å². The Kier molecular flexibility index (Phi) is 6.21. The summed E-state index contributed by atoms with van der Waals surface area (Å²) in [5.74, 6) is -0.143. The van der Waals surface area contributed by atoms with Crippen LogP contribution in [0.5, 0.6) is 0 Å². The third-order valence-corrected chi connectivity index (χ3v) is 2.44. The van der Waals surface area contributed by atoms with Crippen LogP contribution in [0.1, 0.15) is 40.0 Å². The number of hydrogen-bond donors (Lipinski definition) is 1. The van der Waals surface area contributed by atoms with Gasteiger partial charge in [-0.3, -0.25) is 0 Å². The monoisotopic (exact) mass is 194 g/mol. The van der Waals surface area contributed by atoms with Crippen LogP contribution < -0.4 is 0 Å². The van der Waals surface area contributed by atoms with E-state index in [1.54, 1.807) is 0 Å². The molecule has 2 atom stereocenters. The number of halogens is 2. The molecule has 13 heavy (non-hydrogen) atoms. The summed E-state index contributed by atoms with van der Waals surface area (Å²) >= 11 is 0. The molecule has 0 aliphatic heterocycles. The van der Waals surface area contributed by atoms with E-state index in [1.165, 1.54) is 0 Å². The number of hydrogen-bond acceptors (Lipinski definition) is 1. The number of aliphatic hydroxyl groups is 1. The number of unbranched alkanes of at least 4 members (excludes halogenated alkanes) is 1. The molecule has 1 N–H and O–H groups in total. The van der Waals surface area contributed by atoms with Gasteiger partial charge in [0.2, 0.25) is 0 Å². The molecule has 0 saturated carbocycles. The Labute approximate surface area is 79.1 Å². The highest BCUT2D eigenvalue weighted by Gasteiger charge is 2.29. The first-order chi connectivity index (χ1) is 6.00. The molecule has 0 spiro atoms. The van der Waals surface area contributed by atoms with E-state index < -0.39 is 12.5 Å². The van der Waals surface area contributed by atoms with Crippen molar-refractivity contribution in [1.82, 2.24) is 0 Å². The molecule has 0 unspecified atom stereocenters. The number of rotatable bonds is 6. The predicted molar refractivity (Wildman–Crippen MR) is 49.9 cm³/mol. The lowest BCUT2D eigenvalue weighted by Crippen LogP contribution is -2.31. The largest absolute Gasteiger partial charge is 0.387 e. The van der Waals surface area contributed by atoms with E-state index in [9.17, 15) is 13.9 Å². The lowest BCUT2D eigenvalue weighted by molar-refractivity contribution is -0.0529. The zero-order chi connectivity index (χ0) is 10.4. The molecule has 80 valence electrons. The summed E-state index contributed by atoms with van der Waals surface area (Å²) in [4.78, 5) is 0. The fourth-order valence-corrected chi connectivity index (χ4v) is 1.53. The van der Waals surface area contributed by atoms with Gasteiger partial charge in [0.05, 0.1) is 0 Å². The molecule has 0 radical (unpaired) electrons. The average molecular weight is 194 g/mol. The van der Waals surface area contributed by atoms with Crippen LogP contribution in [0.4, 0.5) is 8.78 Å². The Balaban J connectivity index is 4.07. The summed E-state index contributed by atoms with van der Waals surface area (Å²) in [6.45, 7) is 5.78. The van der Waals surface area contributed by atoms with Crippen molar-refractivity contribution in [2.24, 2.45) is 11.8 Å². The summed E-state index contributed by atoms with van der Waals surface area (Å²) in [5.41, 5.74) is 0. The van der Waals surface area contributed by atoms with E-state index in [4.69, 9.17) is 0 Å². The first-order valence-electron chi connectivity index (χ1n) is 4.96. The smallest absolute Gasteiger partial charge is 0.264 e. The second-order valence-corrected chi connectivity index (χ2v) is 3.88. The van der Waals surface area contributed by atoms with Crippen molar-refractivity contribution in [2.45, 2.75) is 52.6 Å². The molecular weight excluding hydrogens is 174 g/mol. The molecule has 0 aliphatic rings. The first-order valence-corrected chi connectivity index (χ1v) is 4.96. The quantitative estimate of drug-likeness (QED) is 0.689. The molecule has 3 heteroatoms. The van der Waals surface area contributed by atoms with Gasteiger partial charge in [-0.25, -0.2) is 8.78 Å². The van der Waals surface area contributed by atoms with Crippen LogP contribution in [0.3, 0.4) is 0 Å². The van der Waals surface area contributed by atoms with Gasteiger partial charge in [0.15, 0.2) is 0 Å². The molecule has 0 amide bonds. The molecule has 0 aromatic rings. The maximum absolute atomic E-state index is 12.2. The zero-order valence-electron chi connectivity index (χ0n) is 8.63. The average Bonchev–Trinajstić information content (AvgIpc) is 2.04. The second-order valence-electron chi connectivity index (χ2n) is 3.88. The Hall–Kier alpha value is -0.180. The highest BCUT2D eigenvalue weighted by atomic mass is 19.3. The molecular formula is C10H20F2O. The zero-order valence-corrected chi connectivity index (χ0v) is 8.63. The van der Waals surface area contributed by atoms with Crippen LogP contribution in [0.15, 0.2) is 0 Å². The minimum Gasteiger partial charge on any atom is -0.387 e. The predicted octanol–water partition coefficient (Wildman–Crippen LogP) is 3.07. The SMILES string of the molecule is CCCC[C@@H](C(C)C)[C@@H](O)C(F)F. The fourth-order valence-electron chi connectivity index (χ4n) is 1.53. The van der Waals surface area contributed by atoms with E-state index in [1.807, 2.05) is 20.8 Å². The maximum atomic E-state index is 12.2. The third kappa shape index (κ3) is 4.55. The molecule has 0 saturated heterocycles. The van der Waals surface area contributed by atoms with Crippen LogP contribution in [-0.4, -0.2) is 17.6 Å². The number of aliphatic hydroxyl groups excluding tert-OH is 1. The van der Waals surface area contributed by atoms with E-state index in [0.717, 1.165) is 12.8 Å². The van der Waals surface area contributed by atoms with Gasteiger partial charge < -0.3 is 5.11 Å². The van der Waals surface area contributed by atoms with Crippen LogP contribution >= 0.6 is 0 Å². The van der Waals surface area contributed by atoms with E-state index in [2.05, 4.69) is 0 Å². The van der Waals surface area contributed by atoms with Crippen molar-refractivity contribution in [2.75, 3.05) is 0 Å². The van der Waals surface area contributed by atoms with Gasteiger partial charge in [0.1, 0.15) is 6.10 Å². The van der Waals surface area contributed by atoms with Gasteiger partial charge in [-0.15, -0.1) is 0 Å². The van der Waals surface area contributed by atoms with Gasteiger partial charge in [0.25, 0.3) is 6.43 Å². The summed E-state index contributed by atoms with van der Waals surface area (Å²) in [7, 11) is 0. The van der Waals surface area contributed by atoms with Crippen molar-refractivity contribution >= 4 is 0 Å². The Morgan fingerprint density at radius 1 is 1.23 bits per heavy atom. The Morgan fingerprint density at radius 2 is 1.77 bits per heavy atom. The normalized spacial score (nSPS) is 16.6. The standard InChI is InChI=1S/C10H20F2O/c1-4-5-6-8(7(2)3)9(13)10(11)12/h7-10,13H,4-6H2,1-3H3/t8-,9+/m0/s1. The van der Waals surface area contributed by atoms with Gasteiger partial charge in [-0.05, 0) is 18.3 Å². The Morgan fingerprint density at radius 3 is 2.08 bits per heavy atom. The van der Waals surface area contributed by atoms with Crippen LogP contribution in [0.2, 0.25) is 0 Å². The third-order valence-electron chi connectivity index (χ3n) is 2.44. The summed E-state index contributed by atoms with van der Waals surface area (Å²) in [6.07, 6.45) is -1.47. The molecule has 0 bridgehead atoms. The fraction of sp³-hybridized carbons (Fsp3) is 1.00. The van der Waals surface area contributed by atoms with Crippen molar-refractivity contribution in [1.29, 1.82) is 0 Å². The lowest BCUT2D eigenvalue weighted by Gasteiger charge is -2.25. The molecule has 0 aromatic heterocycles. The maximum Gasteiger partial charge on any atom is 0.264 e. The lowest BCUT2D eigenvalue weighted by atomic mass is 9.86. The molecule has 0 fully saturated rings. The summed E-state index contributed by atoms with van der Waals surface area (Å²) < 4.78 is 24.4. The molecule has 0 heterocycles. The van der Waals surface area contributed by atoms with Crippen LogP contribution in [0.25, 0.3) is 0 Å². The highest BCUT2D eigenvalue weighted by Crippen LogP contribution is 2.25. The van der Waals surface area contributed by atoms with E-state index >= 15 is 0 Å². The summed E-state index contributed by atoms with van der Waals surface area (Å²) in [6, 6.07) is 0. The molecule has 0 rings (SSSR count). The topological polar surface area (TPSA) is 20.2 Å². The minimum atomic E-state index is -2.61. The minimum absolute atomic E-state index is 0.121. The van der Waals surface area contributed by atoms with Crippen molar-refractivity contribution < 1.29 is 13.9 Å². The first kappa shape index (κ1) is 12.8. The van der Waals surface area contributed by atoms with Gasteiger partial charge in [-0.1, -0.05) is 33.6 Å². The van der Waals surface area contributed by atoms with Gasteiger partial charge in [-0.2, -0.15) is 0 Å². The molecule has 0 aliphatic carbocycles. The highest BCUT2D eigenvalue weighted by molar-refractivity contribution is 4.73.